The van der Waals surface area contributed by atoms with Crippen molar-refractivity contribution in [2.45, 2.75) is 25.9 Å². The molecule has 8 nitrogen and oxygen atoms in total. The van der Waals surface area contributed by atoms with E-state index in [1.807, 2.05) is 0 Å². The van der Waals surface area contributed by atoms with Crippen LogP contribution in [0.1, 0.15) is 13.3 Å². The van der Waals surface area contributed by atoms with Crippen molar-refractivity contribution in [3.63, 3.8) is 0 Å². The molecule has 0 aliphatic carbocycles. The van der Waals surface area contributed by atoms with Crippen molar-refractivity contribution in [1.82, 2.24) is 14.9 Å². The lowest BCUT2D eigenvalue weighted by atomic mass is 10.3. The summed E-state index contributed by atoms with van der Waals surface area (Å²) in [6.07, 6.45) is 2.75. The third-order valence-corrected chi connectivity index (χ3v) is 2.08. The lowest BCUT2D eigenvalue weighted by Crippen LogP contribution is -2.35. The largest absolute Gasteiger partial charge is 0.394 e. The van der Waals surface area contributed by atoms with E-state index in [4.69, 9.17) is 5.11 Å². The lowest BCUT2D eigenvalue weighted by Gasteiger charge is -2.10. The number of rotatable bonds is 6. The molecule has 0 radical (unpaired) electrons. The van der Waals surface area contributed by atoms with Crippen LogP contribution in [-0.4, -0.2) is 38.1 Å². The molecular weight excluding hydrogens is 228 g/mol. The summed E-state index contributed by atoms with van der Waals surface area (Å²) in [4.78, 5) is 24.7. The number of imidazole rings is 1. The number of amides is 1. The van der Waals surface area contributed by atoms with Gasteiger partial charge in [0.25, 0.3) is 0 Å². The standard InChI is InChI=1S/C9H14N4O4/c1-7(5-14)11-9(15)2-3-12-4-8(10-6-12)13(16)17/h4,6-7,14H,2-3,5H2,1H3,(H,11,15)/t7-/m1/s1. The number of hydrogen-bond donors (Lipinski definition) is 2. The second kappa shape index (κ2) is 5.94. The van der Waals surface area contributed by atoms with Crippen LogP contribution in [0.4, 0.5) is 5.82 Å². The Bertz CT molecular complexity index is 403. The number of carbonyl (C=O) groups excluding carboxylic acids is 1. The maximum atomic E-state index is 11.3. The first-order chi connectivity index (χ1) is 8.02. The van der Waals surface area contributed by atoms with Gasteiger partial charge in [-0.15, -0.1) is 0 Å². The van der Waals surface area contributed by atoms with Crippen LogP contribution < -0.4 is 5.32 Å². The molecule has 0 spiro atoms. The minimum atomic E-state index is -0.593. The summed E-state index contributed by atoms with van der Waals surface area (Å²) in [5, 5.41) is 21.7. The minimum absolute atomic E-state index is 0.123. The van der Waals surface area contributed by atoms with Crippen LogP contribution in [0.25, 0.3) is 0 Å². The summed E-state index contributed by atoms with van der Waals surface area (Å²) < 4.78 is 1.47. The van der Waals surface area contributed by atoms with E-state index < -0.39 is 4.92 Å². The number of carbonyl (C=O) groups is 1. The number of aliphatic hydroxyl groups excluding tert-OH is 1. The molecule has 1 aromatic heterocycles. The van der Waals surface area contributed by atoms with Gasteiger partial charge in [0.1, 0.15) is 6.20 Å². The van der Waals surface area contributed by atoms with Gasteiger partial charge in [0.05, 0.1) is 6.61 Å². The summed E-state index contributed by atoms with van der Waals surface area (Å²) in [6.45, 7) is 1.87. The van der Waals surface area contributed by atoms with E-state index in [0.29, 0.717) is 6.54 Å². The molecule has 0 aromatic carbocycles. The van der Waals surface area contributed by atoms with Crippen LogP contribution in [0.15, 0.2) is 12.5 Å². The van der Waals surface area contributed by atoms with Crippen molar-refractivity contribution in [3.8, 4) is 0 Å². The predicted molar refractivity (Wildman–Crippen MR) is 58.2 cm³/mol. The molecule has 8 heteroatoms. The van der Waals surface area contributed by atoms with Gasteiger partial charge in [0, 0.05) is 19.0 Å². The first-order valence-electron chi connectivity index (χ1n) is 5.09. The normalized spacial score (nSPS) is 12.1. The molecule has 0 aliphatic heterocycles. The van der Waals surface area contributed by atoms with Crippen LogP contribution in [0, 0.1) is 10.1 Å². The molecule has 0 fully saturated rings. The molecule has 17 heavy (non-hydrogen) atoms. The Morgan fingerprint density at radius 1 is 1.76 bits per heavy atom. The highest BCUT2D eigenvalue weighted by Gasteiger charge is 2.11. The zero-order chi connectivity index (χ0) is 12.8. The summed E-state index contributed by atoms with van der Waals surface area (Å²) in [5.74, 6) is -0.461. The maximum absolute atomic E-state index is 11.3. The van der Waals surface area contributed by atoms with Crippen LogP contribution in [-0.2, 0) is 11.3 Å². The molecule has 1 atom stereocenters. The first-order valence-corrected chi connectivity index (χ1v) is 5.09. The van der Waals surface area contributed by atoms with Gasteiger partial charge in [-0.2, -0.15) is 0 Å². The first kappa shape index (κ1) is 13.1. The van der Waals surface area contributed by atoms with Gasteiger partial charge >= 0.3 is 5.82 Å². The summed E-state index contributed by atoms with van der Waals surface area (Å²) in [5.41, 5.74) is 0. The maximum Gasteiger partial charge on any atom is 0.381 e. The topological polar surface area (TPSA) is 110 Å². The summed E-state index contributed by atoms with van der Waals surface area (Å²) in [6, 6.07) is -0.292. The summed E-state index contributed by atoms with van der Waals surface area (Å²) in [7, 11) is 0. The molecule has 0 saturated heterocycles. The Hall–Kier alpha value is -1.96. The molecule has 1 heterocycles. The van der Waals surface area contributed by atoms with Crippen molar-refractivity contribution in [3.05, 3.63) is 22.6 Å². The molecule has 0 bridgehead atoms. The third-order valence-electron chi connectivity index (χ3n) is 2.08. The van der Waals surface area contributed by atoms with E-state index in [9.17, 15) is 14.9 Å². The fraction of sp³-hybridized carbons (Fsp3) is 0.556. The molecule has 1 rings (SSSR count). The minimum Gasteiger partial charge on any atom is -0.394 e. The number of aliphatic hydroxyl groups is 1. The van der Waals surface area contributed by atoms with Gasteiger partial charge in [-0.1, -0.05) is 0 Å². The highest BCUT2D eigenvalue weighted by Crippen LogP contribution is 2.05. The number of nitrogens with zero attached hydrogens (tertiary/aromatic N) is 3. The molecule has 0 saturated carbocycles. The van der Waals surface area contributed by atoms with E-state index in [-0.39, 0.29) is 30.8 Å². The van der Waals surface area contributed by atoms with Gasteiger partial charge in [-0.3, -0.25) is 4.79 Å². The van der Waals surface area contributed by atoms with Gasteiger partial charge in [-0.05, 0) is 16.8 Å². The number of nitro groups is 1. The van der Waals surface area contributed by atoms with Gasteiger partial charge in [0.2, 0.25) is 12.2 Å². The Balaban J connectivity index is 2.39. The molecule has 0 aliphatic rings. The molecular formula is C9H14N4O4. The van der Waals surface area contributed by atoms with Gasteiger partial charge < -0.3 is 25.1 Å². The lowest BCUT2D eigenvalue weighted by molar-refractivity contribution is -0.389. The Morgan fingerprint density at radius 3 is 3.00 bits per heavy atom. The van der Waals surface area contributed by atoms with Crippen molar-refractivity contribution in [2.24, 2.45) is 0 Å². The van der Waals surface area contributed by atoms with E-state index in [2.05, 4.69) is 10.3 Å². The average Bonchev–Trinajstić information content (AvgIpc) is 2.75. The Kier molecular flexibility index (Phi) is 4.58. The van der Waals surface area contributed by atoms with E-state index in [1.54, 1.807) is 6.92 Å². The van der Waals surface area contributed by atoms with Crippen LogP contribution in [0.5, 0.6) is 0 Å². The van der Waals surface area contributed by atoms with Crippen molar-refractivity contribution in [1.29, 1.82) is 0 Å². The zero-order valence-corrected chi connectivity index (χ0v) is 9.37. The molecule has 1 aromatic rings. The number of aromatic nitrogens is 2. The average molecular weight is 242 g/mol. The quantitative estimate of drug-likeness (QED) is 0.524. The van der Waals surface area contributed by atoms with Crippen LogP contribution in [0.2, 0.25) is 0 Å². The molecule has 0 unspecified atom stereocenters. The van der Waals surface area contributed by atoms with Gasteiger partial charge in [0.15, 0.2) is 0 Å². The Labute approximate surface area is 97.4 Å². The van der Waals surface area contributed by atoms with Crippen molar-refractivity contribution in [2.75, 3.05) is 6.61 Å². The van der Waals surface area contributed by atoms with Crippen molar-refractivity contribution >= 4 is 11.7 Å². The smallest absolute Gasteiger partial charge is 0.381 e. The van der Waals surface area contributed by atoms with Gasteiger partial charge in [-0.25, -0.2) is 0 Å². The zero-order valence-electron chi connectivity index (χ0n) is 9.37. The second-order valence-electron chi connectivity index (χ2n) is 3.63. The summed E-state index contributed by atoms with van der Waals surface area (Å²) >= 11 is 0. The number of aryl methyl sites for hydroxylation is 1. The van der Waals surface area contributed by atoms with E-state index >= 15 is 0 Å². The molecule has 2 N–H and O–H groups in total. The highest BCUT2D eigenvalue weighted by molar-refractivity contribution is 5.76. The van der Waals surface area contributed by atoms with E-state index in [0.717, 1.165) is 0 Å². The predicted octanol–water partition coefficient (Wildman–Crippen LogP) is -0.322. The second-order valence-corrected chi connectivity index (χ2v) is 3.63. The highest BCUT2D eigenvalue weighted by atomic mass is 16.6. The third kappa shape index (κ3) is 4.19. The number of hydrogen-bond acceptors (Lipinski definition) is 5. The Morgan fingerprint density at radius 2 is 2.47 bits per heavy atom. The fourth-order valence-corrected chi connectivity index (χ4v) is 1.19. The SMILES string of the molecule is C[C@H](CO)NC(=O)CCn1cnc([N+](=O)[O-])c1. The molecule has 1 amide bonds. The monoisotopic (exact) mass is 242 g/mol. The van der Waals surface area contributed by atoms with E-state index in [1.165, 1.54) is 17.1 Å². The van der Waals surface area contributed by atoms with Crippen LogP contribution in [0.3, 0.4) is 0 Å². The van der Waals surface area contributed by atoms with Crippen LogP contribution >= 0.6 is 0 Å². The number of nitrogens with one attached hydrogen (secondary N) is 1. The molecule has 94 valence electrons. The fourth-order valence-electron chi connectivity index (χ4n) is 1.19. The van der Waals surface area contributed by atoms with Crippen molar-refractivity contribution < 1.29 is 14.8 Å².